The molecule has 129 heavy (non-hydrogen) atoms. The first-order chi connectivity index (χ1) is 60.4. The fraction of sp³-hybridized carbons (Fsp3) is 0.598. The van der Waals surface area contributed by atoms with Crippen LogP contribution in [0, 0.1) is 70.5 Å². The second-order valence-electron chi connectivity index (χ2n) is 43.3. The molecule has 5 aromatic carbocycles. The predicted molar refractivity (Wildman–Crippen MR) is 561 cm³/mol. The molecule has 5 aromatic heterocycles. The molecule has 18 rings (SSSR count). The van der Waals surface area contributed by atoms with Gasteiger partial charge in [0.05, 0.1) is 83.3 Å². The first-order valence-electron chi connectivity index (χ1n) is 45.9. The van der Waals surface area contributed by atoms with Gasteiger partial charge in [0, 0.05) is 29.2 Å². The Kier molecular flexibility index (Phi) is 44.6. The van der Waals surface area contributed by atoms with Gasteiger partial charge in [0.15, 0.2) is 0 Å². The first kappa shape index (κ1) is 110. The highest BCUT2D eigenvalue weighted by molar-refractivity contribution is 9.11. The van der Waals surface area contributed by atoms with Crippen LogP contribution in [0.15, 0.2) is 124 Å². The van der Waals surface area contributed by atoms with E-state index in [1.54, 1.807) is 24.3 Å². The fourth-order valence-corrected chi connectivity index (χ4v) is 22.8. The van der Waals surface area contributed by atoms with Gasteiger partial charge < -0.3 is 35.6 Å². The third-order valence-electron chi connectivity index (χ3n) is 20.3. The van der Waals surface area contributed by atoms with Crippen molar-refractivity contribution in [3.05, 3.63) is 197 Å². The van der Waals surface area contributed by atoms with E-state index in [2.05, 4.69) is 243 Å². The number of aromatic nitrogens is 10. The lowest BCUT2D eigenvalue weighted by molar-refractivity contribution is -0.191. The van der Waals surface area contributed by atoms with Crippen LogP contribution in [0.2, 0.25) is 5.02 Å². The van der Waals surface area contributed by atoms with E-state index in [1.807, 2.05) is 128 Å². The molecule has 6 saturated carbocycles. The minimum atomic E-state index is -0.117. The van der Waals surface area contributed by atoms with E-state index < -0.39 is 0 Å². The van der Waals surface area contributed by atoms with E-state index in [0.29, 0.717) is 69.3 Å². The van der Waals surface area contributed by atoms with Crippen LogP contribution < -0.4 is 38.4 Å². The van der Waals surface area contributed by atoms with Crippen molar-refractivity contribution in [1.29, 1.82) is 0 Å². The number of aryl methyl sites for hydroxylation is 2. The van der Waals surface area contributed by atoms with Crippen molar-refractivity contribution in [2.75, 3.05) is 37.7 Å². The molecule has 0 unspecified atom stereocenters. The number of halogens is 3. The number of nitrogens with zero attached hydrogens (tertiary/aromatic N) is 5. The van der Waals surface area contributed by atoms with E-state index in [9.17, 15) is 24.0 Å². The van der Waals surface area contributed by atoms with Gasteiger partial charge in [-0.3, -0.25) is 24.0 Å². The number of thioether (sulfide) groups is 5. The van der Waals surface area contributed by atoms with Crippen LogP contribution in [0.5, 0.6) is 0 Å². The maximum Gasteiger partial charge on any atom is 0.373 e. The van der Waals surface area contributed by atoms with E-state index in [0.717, 1.165) is 178 Å². The highest BCUT2D eigenvalue weighted by Crippen LogP contribution is 2.61. The Labute approximate surface area is 810 Å². The van der Waals surface area contributed by atoms with Gasteiger partial charge in [0.2, 0.25) is 0 Å². The third-order valence-corrected chi connectivity index (χ3v) is 28.3. The number of hydrogen-bond acceptors (Lipinski definition) is 19. The van der Waals surface area contributed by atoms with Crippen molar-refractivity contribution in [3.8, 4) is 0 Å². The minimum absolute atomic E-state index is 0.00304. The highest BCUT2D eigenvalue weighted by atomic mass is 79.9. The number of para-hydroxylation sites is 3. The minimum Gasteiger partial charge on any atom is -0.316 e. The van der Waals surface area contributed by atoms with Gasteiger partial charge in [0.25, 0.3) is 27.8 Å². The molecule has 2 saturated heterocycles. The average Bonchev–Trinajstić information content (AvgIpc) is 0.750. The van der Waals surface area contributed by atoms with Crippen LogP contribution in [0.3, 0.4) is 0 Å². The van der Waals surface area contributed by atoms with E-state index in [1.165, 1.54) is 96.3 Å². The van der Waals surface area contributed by atoms with Gasteiger partial charge in [-0.2, -0.15) is 56.6 Å². The summed E-state index contributed by atoms with van der Waals surface area (Å²) in [6.45, 7) is 52.2. The topological polar surface area (TPSA) is 287 Å². The lowest BCUT2D eigenvalue weighted by Crippen LogP contribution is -2.48. The Morgan fingerprint density at radius 1 is 0.403 bits per heavy atom. The molecule has 8 fully saturated rings. The SMILES string of the molecule is CC(C)(C)C.CC(C)(C)C.CC(C)(C)C.CC(C)(C)C.CC(C)(C)C.Cc1cccc2c(=O)[nH]c(CSC3CCCCC3)nc12.Cc1cccc2c(=O)[nH]c(CSCC3CNC3)nc12.O=C=O.O=c1[nH]c(CSC23CC4CC(CC(C4)C2)C3)nc2ccccc12.O=c1[nH]c(CSC2CCCC2)nc2c(Br)cc(Br)cc12.O=c1[nH]c(CSCC2CNC2)nc2ccc(Cl)cc12. The molecule has 19 nitrogen and oxygen atoms in total. The number of rotatable bonds is 17. The van der Waals surface area contributed by atoms with E-state index >= 15 is 0 Å². The second-order valence-corrected chi connectivity index (χ2v) is 51.6. The normalized spacial score (nSPS) is 18.3. The van der Waals surface area contributed by atoms with Crippen LogP contribution in [0.4, 0.5) is 0 Å². The molecule has 7 N–H and O–H groups in total. The van der Waals surface area contributed by atoms with Crippen molar-refractivity contribution in [2.45, 2.75) is 293 Å². The molecule has 27 heteroatoms. The first-order valence-corrected chi connectivity index (χ1v) is 53.2. The molecule has 7 heterocycles. The van der Waals surface area contributed by atoms with Crippen LogP contribution in [0.25, 0.3) is 54.5 Å². The number of fused-ring (bicyclic) bond motifs is 5. The Bertz CT molecular complexity index is 5390. The smallest absolute Gasteiger partial charge is 0.316 e. The number of nitrogens with one attached hydrogen (secondary N) is 7. The number of aromatic amines is 5. The monoisotopic (exact) mass is 2000 g/mol. The molecule has 2 aliphatic heterocycles. The zero-order valence-corrected chi connectivity index (χ0v) is 88.9. The summed E-state index contributed by atoms with van der Waals surface area (Å²) in [6.07, 6.45) is 20.8. The Morgan fingerprint density at radius 3 is 1.16 bits per heavy atom. The van der Waals surface area contributed by atoms with Crippen LogP contribution in [0.1, 0.15) is 275 Å². The summed E-state index contributed by atoms with van der Waals surface area (Å²) in [5.74, 6) is 14.6. The Morgan fingerprint density at radius 2 is 0.744 bits per heavy atom. The van der Waals surface area contributed by atoms with Gasteiger partial charge in [-0.15, -0.1) is 11.8 Å². The van der Waals surface area contributed by atoms with Crippen molar-refractivity contribution < 1.29 is 9.59 Å². The van der Waals surface area contributed by atoms with Gasteiger partial charge in [-0.05, 0) is 254 Å². The molecule has 6 aliphatic carbocycles. The van der Waals surface area contributed by atoms with Crippen LogP contribution in [-0.2, 0) is 38.4 Å². The lowest BCUT2D eigenvalue weighted by atomic mass is 9.56. The number of carbonyl (C=O) groups excluding carboxylic acids is 2. The van der Waals surface area contributed by atoms with Gasteiger partial charge in [-0.25, -0.2) is 24.9 Å². The predicted octanol–water partition coefficient (Wildman–Crippen LogP) is 25.9. The van der Waals surface area contributed by atoms with Crippen molar-refractivity contribution in [2.24, 2.45) is 56.7 Å². The summed E-state index contributed by atoms with van der Waals surface area (Å²) in [4.78, 5) is 114. The third kappa shape index (κ3) is 42.3. The maximum atomic E-state index is 12.2. The zero-order chi connectivity index (χ0) is 95.2. The number of hydrogen-bond donors (Lipinski definition) is 7. The molecule has 0 amide bonds. The molecular formula is C102H147Br2ClN12O7S5. The van der Waals surface area contributed by atoms with Crippen molar-refractivity contribution >= 4 is 163 Å². The highest BCUT2D eigenvalue weighted by Gasteiger charge is 2.51. The second kappa shape index (κ2) is 52.3. The van der Waals surface area contributed by atoms with E-state index in [4.69, 9.17) is 21.2 Å². The zero-order valence-electron chi connectivity index (χ0n) is 80.9. The molecule has 8 aliphatic rings. The van der Waals surface area contributed by atoms with E-state index in [-0.39, 0.29) is 33.9 Å². The Hall–Kier alpha value is -5.90. The largest absolute Gasteiger partial charge is 0.373 e. The number of benzene rings is 5. The maximum absolute atomic E-state index is 12.2. The summed E-state index contributed by atoms with van der Waals surface area (Å²) in [5.41, 5.74) is 8.31. The molecule has 4 bridgehead atoms. The average molecular weight is 2010 g/mol. The summed E-state index contributed by atoms with van der Waals surface area (Å²) in [5, 5.41) is 11.7. The lowest BCUT2D eigenvalue weighted by Gasteiger charge is -2.56. The van der Waals surface area contributed by atoms with Gasteiger partial charge >= 0.3 is 6.15 Å². The summed E-state index contributed by atoms with van der Waals surface area (Å²) in [6, 6.07) is 28.0. The summed E-state index contributed by atoms with van der Waals surface area (Å²) >= 11 is 22.3. The quantitative estimate of drug-likeness (QED) is 0.0446. The summed E-state index contributed by atoms with van der Waals surface area (Å²) < 4.78 is 2.19. The van der Waals surface area contributed by atoms with Gasteiger partial charge in [0.1, 0.15) is 29.1 Å². The molecule has 0 atom stereocenters. The van der Waals surface area contributed by atoms with Crippen LogP contribution >= 0.6 is 102 Å². The van der Waals surface area contributed by atoms with Crippen LogP contribution in [-0.4, -0.2) is 109 Å². The van der Waals surface area contributed by atoms with Crippen molar-refractivity contribution in [1.82, 2.24) is 60.5 Å². The molecule has 0 spiro atoms. The molecule has 10 aromatic rings. The number of H-pyrrole nitrogens is 5. The molecular weight excluding hydrogens is 1860 g/mol. The Balaban J connectivity index is 0.000000205. The fourth-order valence-electron chi connectivity index (χ4n) is 15.2. The molecule has 708 valence electrons. The van der Waals surface area contributed by atoms with Crippen molar-refractivity contribution in [3.63, 3.8) is 0 Å². The van der Waals surface area contributed by atoms with Gasteiger partial charge in [-0.1, -0.05) is 235 Å². The summed E-state index contributed by atoms with van der Waals surface area (Å²) in [7, 11) is 0. The standard InChI is InChI=1S/C19H22N2OS.C16H20N2OS.C14H14Br2N2OS.C14H17N3OS.C13H14ClN3OS.5C5H12.CO2/c22-18-15-3-1-2-4-16(15)20-17(21-18)11-23-19-8-12-5-13(9-19)7-14(6-12)10-19;1-11-6-5-9-13-15(11)17-14(18-16(13)19)10-20-12-7-3-2-4-8-12;15-8-5-10-13(11(16)6-8)17-12(18-14(10)19)7-20-9-3-1-2-4-9;1-9-3-2-4-11-13(9)16-12(17-14(11)18)8-19-7-10-5-15-6-10;14-9-1-2-11-10(3-9)13(18)17-12(16-11)7-19-6-8-4-15-5-8;5*1-5(2,3)4;2-1-3/h1-4,12-14H,5-11H2,(H,20,21,22);5-6,9,12H,2-4,7-8,10H2,1H3,(H,17,18,19);5-6,9H,1-4,7H2,(H,17,18,19);2-4,10,15H,5-8H2,1H3,(H,16,17,18);1-3,8,15H,4-7H2,(H,16,17,18);5*1-4H3;. The molecule has 0 radical (unpaired) electrons.